The van der Waals surface area contributed by atoms with Crippen LogP contribution in [0.5, 0.6) is 0 Å². The normalized spacial score (nSPS) is 12.6. The number of hydrogen-bond acceptors (Lipinski definition) is 3. The molecule has 0 radical (unpaired) electrons. The van der Waals surface area contributed by atoms with Gasteiger partial charge in [0.25, 0.3) is 5.56 Å². The van der Waals surface area contributed by atoms with Crippen molar-refractivity contribution in [3.8, 4) is 11.1 Å². The Hall–Kier alpha value is -4.71. The van der Waals surface area contributed by atoms with Crippen LogP contribution in [-0.4, -0.2) is 20.5 Å². The summed E-state index contributed by atoms with van der Waals surface area (Å²) in [6.45, 7) is 3.83. The van der Waals surface area contributed by atoms with Gasteiger partial charge in [-0.3, -0.25) is 4.79 Å². The molecule has 0 aliphatic rings. The lowest BCUT2D eigenvalue weighted by Gasteiger charge is -2.35. The Kier molecular flexibility index (Phi) is 7.05. The zero-order valence-electron chi connectivity index (χ0n) is 21.7. The number of para-hydroxylation sites is 3. The Morgan fingerprint density at radius 2 is 1.39 bits per heavy atom. The molecule has 5 aromatic rings. The minimum Gasteiger partial charge on any atom is -0.309 e. The Balaban J connectivity index is 1.58. The first-order chi connectivity index (χ1) is 18.5. The largest absolute Gasteiger partial charge is 0.322 e. The van der Waals surface area contributed by atoms with E-state index in [9.17, 15) is 9.59 Å². The molecule has 0 saturated carbocycles. The molecule has 38 heavy (non-hydrogen) atoms. The molecule has 2 unspecified atom stereocenters. The van der Waals surface area contributed by atoms with Gasteiger partial charge in [0.05, 0.1) is 28.8 Å². The van der Waals surface area contributed by atoms with Crippen LogP contribution in [-0.2, 0) is 7.05 Å². The van der Waals surface area contributed by atoms with Crippen LogP contribution in [0.1, 0.15) is 37.2 Å². The van der Waals surface area contributed by atoms with Crippen LogP contribution in [0, 0.1) is 0 Å². The zero-order chi connectivity index (χ0) is 26.6. The van der Waals surface area contributed by atoms with Crippen molar-refractivity contribution in [2.45, 2.75) is 25.9 Å². The minimum atomic E-state index is -0.600. The summed E-state index contributed by atoms with van der Waals surface area (Å²) in [5, 5.41) is 3.13. The number of hydrogen-bond donors (Lipinski definition) is 1. The number of fused-ring (bicyclic) bond motifs is 1. The maximum absolute atomic E-state index is 14.1. The predicted molar refractivity (Wildman–Crippen MR) is 153 cm³/mol. The highest BCUT2D eigenvalue weighted by Crippen LogP contribution is 2.32. The molecule has 0 aliphatic heterocycles. The lowest BCUT2D eigenvalue weighted by atomic mass is 10.0. The number of aryl methyl sites for hydroxylation is 1. The molecule has 0 saturated heterocycles. The third kappa shape index (κ3) is 4.81. The number of benzene rings is 4. The molecule has 4 aromatic carbocycles. The molecule has 0 bridgehead atoms. The van der Waals surface area contributed by atoms with Gasteiger partial charge in [0.15, 0.2) is 0 Å². The fourth-order valence-electron chi connectivity index (χ4n) is 4.93. The van der Waals surface area contributed by atoms with E-state index in [1.807, 2.05) is 123 Å². The Morgan fingerprint density at radius 3 is 2.13 bits per heavy atom. The van der Waals surface area contributed by atoms with Crippen LogP contribution < -0.4 is 10.9 Å². The van der Waals surface area contributed by atoms with Gasteiger partial charge in [-0.15, -0.1) is 0 Å². The van der Waals surface area contributed by atoms with Crippen LogP contribution in [0.2, 0.25) is 0 Å². The van der Waals surface area contributed by atoms with Crippen molar-refractivity contribution >= 4 is 22.8 Å². The highest BCUT2D eigenvalue weighted by atomic mass is 16.2. The van der Waals surface area contributed by atoms with Crippen molar-refractivity contribution in [1.82, 2.24) is 14.5 Å². The number of nitrogens with one attached hydrogen (secondary N) is 1. The zero-order valence-corrected chi connectivity index (χ0v) is 21.7. The average Bonchev–Trinajstić information content (AvgIpc) is 2.96. The average molecular weight is 503 g/mol. The number of carbonyl (C=O) groups is 1. The highest BCUT2D eigenvalue weighted by Gasteiger charge is 2.31. The van der Waals surface area contributed by atoms with Gasteiger partial charge in [0.1, 0.15) is 5.69 Å². The van der Waals surface area contributed by atoms with Crippen molar-refractivity contribution in [1.29, 1.82) is 0 Å². The van der Waals surface area contributed by atoms with E-state index in [1.165, 1.54) is 0 Å². The summed E-state index contributed by atoms with van der Waals surface area (Å²) in [7, 11) is 1.74. The number of carbonyl (C=O) groups excluding carboxylic acids is 1. The van der Waals surface area contributed by atoms with E-state index < -0.39 is 6.04 Å². The molecule has 2 amide bonds. The molecule has 1 heterocycles. The predicted octanol–water partition coefficient (Wildman–Crippen LogP) is 6.96. The fourth-order valence-corrected chi connectivity index (χ4v) is 4.93. The molecular formula is C32H30N4O2. The summed E-state index contributed by atoms with van der Waals surface area (Å²) in [6.07, 6.45) is 0. The van der Waals surface area contributed by atoms with Crippen molar-refractivity contribution in [2.75, 3.05) is 5.32 Å². The first kappa shape index (κ1) is 25.0. The first-order valence-electron chi connectivity index (χ1n) is 12.7. The number of nitrogens with zero attached hydrogens (tertiary/aromatic N) is 3. The molecule has 5 rings (SSSR count). The summed E-state index contributed by atoms with van der Waals surface area (Å²) in [4.78, 5) is 33.9. The molecule has 2 atom stereocenters. The second kappa shape index (κ2) is 10.7. The van der Waals surface area contributed by atoms with Gasteiger partial charge in [-0.2, -0.15) is 0 Å². The van der Waals surface area contributed by atoms with E-state index in [4.69, 9.17) is 4.98 Å². The van der Waals surface area contributed by atoms with E-state index in [1.54, 1.807) is 16.5 Å². The minimum absolute atomic E-state index is 0.223. The molecule has 6 heteroatoms. The summed E-state index contributed by atoms with van der Waals surface area (Å²) in [5.41, 5.74) is 5.13. The standard InChI is InChI=1S/C32H30N4O2/c1-22(24-14-6-4-7-15-24)36(23(2)30-31(37)35(3)29-21-13-12-20-28(29)33-30)32(38)34-27-19-11-10-18-26(27)25-16-8-5-9-17-25/h4-23H,1-3H3,(H,34,38). The fraction of sp³-hybridized carbons (Fsp3) is 0.156. The quantitative estimate of drug-likeness (QED) is 0.273. The number of anilines is 1. The highest BCUT2D eigenvalue weighted by molar-refractivity contribution is 5.95. The Bertz CT molecular complexity index is 1630. The van der Waals surface area contributed by atoms with Crippen LogP contribution in [0.15, 0.2) is 114 Å². The summed E-state index contributed by atoms with van der Waals surface area (Å²) in [5.74, 6) is 0. The number of rotatable bonds is 6. The van der Waals surface area contributed by atoms with Crippen LogP contribution >= 0.6 is 0 Å². The monoisotopic (exact) mass is 502 g/mol. The Morgan fingerprint density at radius 1 is 0.789 bits per heavy atom. The van der Waals surface area contributed by atoms with E-state index in [0.717, 1.165) is 22.2 Å². The second-order valence-electron chi connectivity index (χ2n) is 9.36. The van der Waals surface area contributed by atoms with Gasteiger partial charge < -0.3 is 14.8 Å². The van der Waals surface area contributed by atoms with E-state index in [-0.39, 0.29) is 17.6 Å². The van der Waals surface area contributed by atoms with Gasteiger partial charge in [0.2, 0.25) is 0 Å². The first-order valence-corrected chi connectivity index (χ1v) is 12.7. The molecule has 1 aromatic heterocycles. The van der Waals surface area contributed by atoms with Crippen LogP contribution in [0.4, 0.5) is 10.5 Å². The smallest absolute Gasteiger partial charge is 0.309 e. The molecule has 0 spiro atoms. The van der Waals surface area contributed by atoms with Gasteiger partial charge >= 0.3 is 6.03 Å². The lowest BCUT2D eigenvalue weighted by molar-refractivity contribution is 0.165. The van der Waals surface area contributed by atoms with Gasteiger partial charge in [0, 0.05) is 12.6 Å². The molecule has 0 fully saturated rings. The SMILES string of the molecule is CC(c1ccccc1)N(C(=O)Nc1ccccc1-c1ccccc1)C(C)c1nc2ccccc2n(C)c1=O. The molecule has 0 aliphatic carbocycles. The lowest BCUT2D eigenvalue weighted by Crippen LogP contribution is -2.42. The molecular weight excluding hydrogens is 472 g/mol. The maximum atomic E-state index is 14.1. The van der Waals surface area contributed by atoms with Crippen LogP contribution in [0.3, 0.4) is 0 Å². The molecule has 190 valence electrons. The van der Waals surface area contributed by atoms with E-state index >= 15 is 0 Å². The van der Waals surface area contributed by atoms with Gasteiger partial charge in [-0.1, -0.05) is 91.0 Å². The van der Waals surface area contributed by atoms with Gasteiger partial charge in [-0.25, -0.2) is 9.78 Å². The molecule has 1 N–H and O–H groups in total. The van der Waals surface area contributed by atoms with Crippen molar-refractivity contribution in [3.05, 3.63) is 131 Å². The van der Waals surface area contributed by atoms with Crippen molar-refractivity contribution in [3.63, 3.8) is 0 Å². The van der Waals surface area contributed by atoms with E-state index in [2.05, 4.69) is 5.32 Å². The van der Waals surface area contributed by atoms with Crippen molar-refractivity contribution in [2.24, 2.45) is 7.05 Å². The number of amides is 2. The topological polar surface area (TPSA) is 67.2 Å². The third-order valence-electron chi connectivity index (χ3n) is 7.01. The maximum Gasteiger partial charge on any atom is 0.322 e. The number of urea groups is 1. The summed E-state index contributed by atoms with van der Waals surface area (Å²) >= 11 is 0. The van der Waals surface area contributed by atoms with E-state index in [0.29, 0.717) is 16.9 Å². The third-order valence-corrected chi connectivity index (χ3v) is 7.01. The Labute approximate surface area is 222 Å². The van der Waals surface area contributed by atoms with Crippen LogP contribution in [0.25, 0.3) is 22.2 Å². The summed E-state index contributed by atoms with van der Waals surface area (Å²) < 4.78 is 1.60. The molecule has 6 nitrogen and oxygen atoms in total. The second-order valence-corrected chi connectivity index (χ2v) is 9.36. The summed E-state index contributed by atoms with van der Waals surface area (Å²) in [6, 6.07) is 33.8. The number of aromatic nitrogens is 2. The van der Waals surface area contributed by atoms with Crippen molar-refractivity contribution < 1.29 is 4.79 Å². The van der Waals surface area contributed by atoms with Gasteiger partial charge in [-0.05, 0) is 43.2 Å².